The SMILES string of the molecule is C1=Cc2cccc3cc4c(c(c23)C1)c1ccccc1n4-c1cc(-c2ncccn2)cc(-c2ncccn2)c1. The molecule has 38 heavy (non-hydrogen) atoms. The lowest BCUT2D eigenvalue weighted by Gasteiger charge is -2.16. The third-order valence-corrected chi connectivity index (χ3v) is 7.38. The predicted octanol–water partition coefficient (Wildman–Crippen LogP) is 7.42. The smallest absolute Gasteiger partial charge is 0.159 e. The van der Waals surface area contributed by atoms with E-state index in [0.717, 1.165) is 28.8 Å². The highest BCUT2D eigenvalue weighted by Crippen LogP contribution is 2.41. The van der Waals surface area contributed by atoms with Gasteiger partial charge in [-0.2, -0.15) is 0 Å². The Balaban J connectivity index is 1.51. The summed E-state index contributed by atoms with van der Waals surface area (Å²) < 4.78 is 2.37. The van der Waals surface area contributed by atoms with Crippen molar-refractivity contribution in [3.05, 3.63) is 121 Å². The van der Waals surface area contributed by atoms with E-state index in [9.17, 15) is 0 Å². The van der Waals surface area contributed by atoms with Crippen molar-refractivity contribution >= 4 is 38.7 Å². The average molecular weight is 488 g/mol. The zero-order valence-electron chi connectivity index (χ0n) is 20.4. The van der Waals surface area contributed by atoms with Crippen LogP contribution in [0, 0.1) is 0 Å². The van der Waals surface area contributed by atoms with Crippen molar-refractivity contribution in [3.8, 4) is 28.5 Å². The van der Waals surface area contributed by atoms with Crippen molar-refractivity contribution in [1.82, 2.24) is 24.5 Å². The summed E-state index contributed by atoms with van der Waals surface area (Å²) in [4.78, 5) is 18.2. The zero-order chi connectivity index (χ0) is 25.1. The zero-order valence-corrected chi connectivity index (χ0v) is 20.4. The fourth-order valence-corrected chi connectivity index (χ4v) is 5.86. The van der Waals surface area contributed by atoms with Gasteiger partial charge < -0.3 is 4.57 Å². The Morgan fingerprint density at radius 1 is 0.605 bits per heavy atom. The van der Waals surface area contributed by atoms with Gasteiger partial charge in [-0.3, -0.25) is 0 Å². The van der Waals surface area contributed by atoms with E-state index in [1.165, 1.54) is 38.2 Å². The molecule has 3 heterocycles. The van der Waals surface area contributed by atoms with Gasteiger partial charge in [0, 0.05) is 52.4 Å². The minimum absolute atomic E-state index is 0.669. The largest absolute Gasteiger partial charge is 0.309 e. The summed E-state index contributed by atoms with van der Waals surface area (Å²) in [5.74, 6) is 1.34. The quantitative estimate of drug-likeness (QED) is 0.260. The minimum atomic E-state index is 0.669. The number of hydrogen-bond donors (Lipinski definition) is 0. The lowest BCUT2D eigenvalue weighted by Crippen LogP contribution is -1.99. The highest BCUT2D eigenvalue weighted by molar-refractivity contribution is 6.17. The topological polar surface area (TPSA) is 56.5 Å². The van der Waals surface area contributed by atoms with Crippen LogP contribution in [0.5, 0.6) is 0 Å². The van der Waals surface area contributed by atoms with Crippen molar-refractivity contribution in [2.75, 3.05) is 0 Å². The molecule has 178 valence electrons. The lowest BCUT2D eigenvalue weighted by atomic mass is 9.90. The lowest BCUT2D eigenvalue weighted by molar-refractivity contribution is 1.14. The summed E-state index contributed by atoms with van der Waals surface area (Å²) in [5.41, 5.74) is 7.89. The van der Waals surface area contributed by atoms with Crippen molar-refractivity contribution in [1.29, 1.82) is 0 Å². The first kappa shape index (κ1) is 21.0. The Morgan fingerprint density at radius 2 is 1.32 bits per heavy atom. The Kier molecular flexibility index (Phi) is 4.52. The van der Waals surface area contributed by atoms with Gasteiger partial charge in [0.1, 0.15) is 0 Å². The number of aromatic nitrogens is 5. The van der Waals surface area contributed by atoms with Crippen molar-refractivity contribution in [2.24, 2.45) is 0 Å². The molecule has 8 rings (SSSR count). The van der Waals surface area contributed by atoms with Gasteiger partial charge in [0.2, 0.25) is 0 Å². The van der Waals surface area contributed by atoms with E-state index >= 15 is 0 Å². The van der Waals surface area contributed by atoms with E-state index in [1.807, 2.05) is 12.1 Å². The molecular formula is C33H21N5. The van der Waals surface area contributed by atoms with Crippen LogP contribution in [0.1, 0.15) is 11.1 Å². The molecule has 0 fully saturated rings. The molecule has 0 saturated heterocycles. The molecule has 0 unspecified atom stereocenters. The summed E-state index contributed by atoms with van der Waals surface area (Å²) >= 11 is 0. The van der Waals surface area contributed by atoms with Gasteiger partial charge in [-0.1, -0.05) is 48.6 Å². The van der Waals surface area contributed by atoms with Gasteiger partial charge in [0.25, 0.3) is 0 Å². The Hall–Kier alpha value is -5.16. The highest BCUT2D eigenvalue weighted by Gasteiger charge is 2.21. The maximum absolute atomic E-state index is 4.55. The molecule has 1 aliphatic carbocycles. The second-order valence-corrected chi connectivity index (χ2v) is 9.57. The standard InChI is InChI=1S/C33H21N5/c1-2-12-28-26(10-1)31-27-11-4-8-21-7-3-9-22(30(21)27)20-29(31)38(28)25-18-23(32-34-13-5-14-35-32)17-24(19-25)33-36-15-6-16-37-33/h1-10,12-20H,11H2. The van der Waals surface area contributed by atoms with Crippen LogP contribution in [0.2, 0.25) is 0 Å². The molecule has 4 aromatic carbocycles. The predicted molar refractivity (Wildman–Crippen MR) is 153 cm³/mol. The van der Waals surface area contributed by atoms with E-state index in [-0.39, 0.29) is 0 Å². The number of fused-ring (bicyclic) bond motifs is 4. The highest BCUT2D eigenvalue weighted by atomic mass is 15.0. The molecule has 0 amide bonds. The molecule has 0 spiro atoms. The number of hydrogen-bond acceptors (Lipinski definition) is 4. The first-order chi connectivity index (χ1) is 18.8. The fourth-order valence-electron chi connectivity index (χ4n) is 5.86. The van der Waals surface area contributed by atoms with Crippen LogP contribution in [0.3, 0.4) is 0 Å². The van der Waals surface area contributed by atoms with Crippen molar-refractivity contribution in [2.45, 2.75) is 6.42 Å². The third kappa shape index (κ3) is 3.12. The van der Waals surface area contributed by atoms with Crippen LogP contribution in [-0.2, 0) is 6.42 Å². The minimum Gasteiger partial charge on any atom is -0.309 e. The van der Waals surface area contributed by atoms with Crippen LogP contribution in [0.15, 0.2) is 110 Å². The second kappa shape index (κ2) is 8.18. The van der Waals surface area contributed by atoms with Crippen molar-refractivity contribution in [3.63, 3.8) is 0 Å². The maximum atomic E-state index is 4.55. The average Bonchev–Trinajstić information content (AvgIpc) is 3.32. The number of allylic oxidation sites excluding steroid dienone is 1. The van der Waals surface area contributed by atoms with Crippen LogP contribution in [0.4, 0.5) is 0 Å². The Labute approximate surface area is 218 Å². The molecule has 0 atom stereocenters. The molecule has 0 saturated carbocycles. The molecule has 7 aromatic rings. The summed E-state index contributed by atoms with van der Waals surface area (Å²) in [5, 5.41) is 5.18. The van der Waals surface area contributed by atoms with E-state index in [4.69, 9.17) is 0 Å². The fraction of sp³-hybridized carbons (Fsp3) is 0.0303. The van der Waals surface area contributed by atoms with Gasteiger partial charge in [-0.05, 0) is 70.8 Å². The molecule has 5 nitrogen and oxygen atoms in total. The van der Waals surface area contributed by atoms with Gasteiger partial charge in [0.05, 0.1) is 11.0 Å². The van der Waals surface area contributed by atoms with Gasteiger partial charge in [-0.25, -0.2) is 19.9 Å². The monoisotopic (exact) mass is 487 g/mol. The molecule has 0 N–H and O–H groups in total. The summed E-state index contributed by atoms with van der Waals surface area (Å²) in [6, 6.07) is 27.7. The molecular weight excluding hydrogens is 466 g/mol. The van der Waals surface area contributed by atoms with Crippen molar-refractivity contribution < 1.29 is 0 Å². The number of para-hydroxylation sites is 1. The third-order valence-electron chi connectivity index (χ3n) is 7.38. The van der Waals surface area contributed by atoms with Crippen LogP contribution in [-0.4, -0.2) is 24.5 Å². The second-order valence-electron chi connectivity index (χ2n) is 9.57. The molecule has 0 aliphatic heterocycles. The molecule has 0 bridgehead atoms. The normalized spacial score (nSPS) is 12.5. The maximum Gasteiger partial charge on any atom is 0.159 e. The number of rotatable bonds is 3. The summed E-state index contributed by atoms with van der Waals surface area (Å²) in [6.45, 7) is 0. The first-order valence-electron chi connectivity index (χ1n) is 12.7. The van der Waals surface area contributed by atoms with Gasteiger partial charge >= 0.3 is 0 Å². The molecule has 5 heteroatoms. The first-order valence-corrected chi connectivity index (χ1v) is 12.7. The summed E-state index contributed by atoms with van der Waals surface area (Å²) in [6.07, 6.45) is 12.5. The Morgan fingerprint density at radius 3 is 2.05 bits per heavy atom. The van der Waals surface area contributed by atoms with E-state index in [2.05, 4.69) is 103 Å². The molecule has 0 radical (unpaired) electrons. The molecule has 1 aliphatic rings. The number of benzene rings is 4. The van der Waals surface area contributed by atoms with Crippen LogP contribution in [0.25, 0.3) is 67.1 Å². The van der Waals surface area contributed by atoms with Gasteiger partial charge in [0.15, 0.2) is 11.6 Å². The van der Waals surface area contributed by atoms with E-state index < -0.39 is 0 Å². The van der Waals surface area contributed by atoms with Crippen LogP contribution >= 0.6 is 0 Å². The summed E-state index contributed by atoms with van der Waals surface area (Å²) in [7, 11) is 0. The van der Waals surface area contributed by atoms with E-state index in [1.54, 1.807) is 24.8 Å². The Bertz CT molecular complexity index is 1980. The van der Waals surface area contributed by atoms with Gasteiger partial charge in [-0.15, -0.1) is 0 Å². The van der Waals surface area contributed by atoms with Crippen LogP contribution < -0.4 is 0 Å². The molecule has 3 aromatic heterocycles. The van der Waals surface area contributed by atoms with E-state index in [0.29, 0.717) is 11.6 Å². The number of nitrogens with zero attached hydrogens (tertiary/aromatic N) is 5.